The zero-order valence-corrected chi connectivity index (χ0v) is 11.3. The number of rotatable bonds is 4. The van der Waals surface area contributed by atoms with Gasteiger partial charge in [0, 0.05) is 6.54 Å². The first kappa shape index (κ1) is 13.0. The Hall–Kier alpha value is -0.990. The van der Waals surface area contributed by atoms with E-state index in [2.05, 4.69) is 10.4 Å². The highest BCUT2D eigenvalue weighted by Gasteiger charge is 2.33. The number of anilines is 1. The molecule has 1 aliphatic heterocycles. The van der Waals surface area contributed by atoms with Crippen LogP contribution in [0.5, 0.6) is 0 Å². The van der Waals surface area contributed by atoms with E-state index in [1.165, 1.54) is 15.2 Å². The summed E-state index contributed by atoms with van der Waals surface area (Å²) in [7, 11) is 0. The van der Waals surface area contributed by atoms with Crippen LogP contribution in [-0.2, 0) is 11.3 Å². The molecule has 2 atom stereocenters. The second-order valence-corrected chi connectivity index (χ2v) is 5.91. The summed E-state index contributed by atoms with van der Waals surface area (Å²) in [5, 5.41) is 7.17. The predicted molar refractivity (Wildman–Crippen MR) is 69.6 cm³/mol. The van der Waals surface area contributed by atoms with E-state index in [-0.39, 0.29) is 17.8 Å². The van der Waals surface area contributed by atoms with Crippen molar-refractivity contribution in [2.45, 2.75) is 37.8 Å². The number of hydrogen-bond acceptors (Lipinski definition) is 3. The highest BCUT2D eigenvalue weighted by atomic mass is 32.2. The standard InChI is InChI=1S/C11H17FN4O2S/c12-11-10(7-14-15(11)8-3-4-8)16(19(17)18)9-2-1-5-13-6-9/h7-9,13H,1-6H2,(H,17,18). The number of piperidine rings is 1. The summed E-state index contributed by atoms with van der Waals surface area (Å²) < 4.78 is 37.9. The molecule has 2 fully saturated rings. The molecule has 1 saturated heterocycles. The molecule has 1 aromatic heterocycles. The maximum Gasteiger partial charge on any atom is 0.262 e. The molecule has 1 aromatic rings. The van der Waals surface area contributed by atoms with E-state index in [4.69, 9.17) is 0 Å². The Morgan fingerprint density at radius 3 is 2.89 bits per heavy atom. The van der Waals surface area contributed by atoms with Crippen molar-refractivity contribution in [1.82, 2.24) is 15.1 Å². The zero-order valence-electron chi connectivity index (χ0n) is 10.5. The molecule has 0 aromatic carbocycles. The molecule has 106 valence electrons. The minimum atomic E-state index is -2.24. The average molecular weight is 288 g/mol. The lowest BCUT2D eigenvalue weighted by atomic mass is 10.1. The average Bonchev–Trinajstić information content (AvgIpc) is 3.17. The van der Waals surface area contributed by atoms with Crippen LogP contribution in [0.25, 0.3) is 0 Å². The van der Waals surface area contributed by atoms with Gasteiger partial charge in [-0.2, -0.15) is 9.49 Å². The lowest BCUT2D eigenvalue weighted by Gasteiger charge is -2.31. The number of nitrogens with one attached hydrogen (secondary N) is 1. The van der Waals surface area contributed by atoms with E-state index < -0.39 is 17.2 Å². The summed E-state index contributed by atoms with van der Waals surface area (Å²) in [5.74, 6) is -0.504. The molecule has 2 heterocycles. The third-order valence-corrected chi connectivity index (χ3v) is 4.45. The van der Waals surface area contributed by atoms with Gasteiger partial charge in [-0.25, -0.2) is 8.89 Å². The van der Waals surface area contributed by atoms with E-state index >= 15 is 0 Å². The quantitative estimate of drug-likeness (QED) is 0.813. The van der Waals surface area contributed by atoms with E-state index in [1.807, 2.05) is 0 Å². The van der Waals surface area contributed by atoms with Gasteiger partial charge in [0.15, 0.2) is 0 Å². The number of hydrogen-bond donors (Lipinski definition) is 2. The molecule has 2 N–H and O–H groups in total. The van der Waals surface area contributed by atoms with Crippen molar-refractivity contribution in [1.29, 1.82) is 0 Å². The van der Waals surface area contributed by atoms with E-state index in [0.717, 1.165) is 32.2 Å². The van der Waals surface area contributed by atoms with Crippen molar-refractivity contribution in [2.75, 3.05) is 17.4 Å². The topological polar surface area (TPSA) is 70.4 Å². The highest BCUT2D eigenvalue weighted by molar-refractivity contribution is 7.80. The molecular formula is C11H17FN4O2S. The predicted octanol–water partition coefficient (Wildman–Crippen LogP) is 1.05. The fourth-order valence-electron chi connectivity index (χ4n) is 2.50. The van der Waals surface area contributed by atoms with Crippen LogP contribution in [0, 0.1) is 5.95 Å². The lowest BCUT2D eigenvalue weighted by molar-refractivity contribution is 0.437. The third-order valence-electron chi connectivity index (χ3n) is 3.62. The van der Waals surface area contributed by atoms with Crippen molar-refractivity contribution in [3.63, 3.8) is 0 Å². The van der Waals surface area contributed by atoms with Crippen LogP contribution in [0.4, 0.5) is 10.1 Å². The second kappa shape index (κ2) is 5.18. The molecule has 2 aliphatic rings. The highest BCUT2D eigenvalue weighted by Crippen LogP contribution is 2.37. The fourth-order valence-corrected chi connectivity index (χ4v) is 3.23. The first-order chi connectivity index (χ1) is 9.18. The summed E-state index contributed by atoms with van der Waals surface area (Å²) >= 11 is -2.24. The molecule has 19 heavy (non-hydrogen) atoms. The van der Waals surface area contributed by atoms with Gasteiger partial charge >= 0.3 is 0 Å². The number of aromatic nitrogens is 2. The van der Waals surface area contributed by atoms with Crippen molar-refractivity contribution >= 4 is 17.0 Å². The van der Waals surface area contributed by atoms with Crippen LogP contribution in [0.1, 0.15) is 31.7 Å². The normalized spacial score (nSPS) is 25.3. The monoisotopic (exact) mass is 288 g/mol. The second-order valence-electron chi connectivity index (χ2n) is 5.05. The van der Waals surface area contributed by atoms with E-state index in [1.54, 1.807) is 0 Å². The Balaban J connectivity index is 1.88. The van der Waals surface area contributed by atoms with Crippen LogP contribution in [0.2, 0.25) is 0 Å². The Kier molecular flexibility index (Phi) is 3.55. The molecule has 1 saturated carbocycles. The summed E-state index contributed by atoms with van der Waals surface area (Å²) in [5.41, 5.74) is 0.126. The molecule has 0 spiro atoms. The molecule has 0 amide bonds. The Morgan fingerprint density at radius 1 is 1.53 bits per heavy atom. The molecule has 0 bridgehead atoms. The van der Waals surface area contributed by atoms with Crippen molar-refractivity contribution in [3.05, 3.63) is 12.1 Å². The van der Waals surface area contributed by atoms with Crippen molar-refractivity contribution in [2.24, 2.45) is 0 Å². The Labute approximate surface area is 113 Å². The van der Waals surface area contributed by atoms with Gasteiger partial charge in [0.05, 0.1) is 18.3 Å². The number of nitrogens with zero attached hydrogens (tertiary/aromatic N) is 3. The van der Waals surface area contributed by atoms with Gasteiger partial charge in [-0.05, 0) is 32.2 Å². The Morgan fingerprint density at radius 2 is 2.32 bits per heavy atom. The maximum absolute atomic E-state index is 14.3. The lowest BCUT2D eigenvalue weighted by Crippen LogP contribution is -2.47. The molecule has 0 radical (unpaired) electrons. The van der Waals surface area contributed by atoms with Crippen LogP contribution in [0.15, 0.2) is 6.20 Å². The first-order valence-corrected chi connectivity index (χ1v) is 7.59. The maximum atomic E-state index is 14.3. The van der Waals surface area contributed by atoms with Crippen LogP contribution >= 0.6 is 0 Å². The minimum Gasteiger partial charge on any atom is -0.315 e. The zero-order chi connectivity index (χ0) is 13.4. The Bertz CT molecular complexity index is 485. The fraction of sp³-hybridized carbons (Fsp3) is 0.727. The summed E-state index contributed by atoms with van der Waals surface area (Å²) in [4.78, 5) is 0. The van der Waals surface area contributed by atoms with Crippen molar-refractivity contribution in [3.8, 4) is 0 Å². The molecular weight excluding hydrogens is 271 g/mol. The minimum absolute atomic E-state index is 0.118. The summed E-state index contributed by atoms with van der Waals surface area (Å²) in [6.45, 7) is 1.48. The molecule has 6 nitrogen and oxygen atoms in total. The van der Waals surface area contributed by atoms with Crippen molar-refractivity contribution < 1.29 is 13.2 Å². The van der Waals surface area contributed by atoms with Crippen LogP contribution in [-0.4, -0.2) is 37.7 Å². The number of halogens is 1. The van der Waals surface area contributed by atoms with Gasteiger partial charge in [-0.3, -0.25) is 8.86 Å². The smallest absolute Gasteiger partial charge is 0.262 e. The molecule has 8 heteroatoms. The first-order valence-electron chi connectivity index (χ1n) is 6.52. The van der Waals surface area contributed by atoms with Gasteiger partial charge in [0.2, 0.25) is 5.95 Å². The van der Waals surface area contributed by atoms with E-state index in [9.17, 15) is 13.2 Å². The van der Waals surface area contributed by atoms with Gasteiger partial charge in [0.1, 0.15) is 5.69 Å². The largest absolute Gasteiger partial charge is 0.315 e. The summed E-state index contributed by atoms with van der Waals surface area (Å²) in [6.07, 6.45) is 4.89. The van der Waals surface area contributed by atoms with Gasteiger partial charge in [0.25, 0.3) is 11.3 Å². The van der Waals surface area contributed by atoms with Crippen LogP contribution in [0.3, 0.4) is 0 Å². The van der Waals surface area contributed by atoms with Gasteiger partial charge < -0.3 is 5.32 Å². The SMILES string of the molecule is O=S(O)N(c1cnn(C2CC2)c1F)C1CCCNC1. The molecule has 1 aliphatic carbocycles. The van der Waals surface area contributed by atoms with Crippen LogP contribution < -0.4 is 9.62 Å². The molecule has 3 rings (SSSR count). The van der Waals surface area contributed by atoms with Gasteiger partial charge in [-0.1, -0.05) is 0 Å². The van der Waals surface area contributed by atoms with E-state index in [0.29, 0.717) is 6.54 Å². The molecule has 2 unspecified atom stereocenters. The third kappa shape index (κ3) is 2.52. The summed E-state index contributed by atoms with van der Waals surface area (Å²) in [6, 6.07) is -0.0573. The van der Waals surface area contributed by atoms with Gasteiger partial charge in [-0.15, -0.1) is 0 Å².